The van der Waals surface area contributed by atoms with Crippen LogP contribution in [0.2, 0.25) is 0 Å². The molecule has 1 atom stereocenters. The fraction of sp³-hybridized carbons (Fsp3) is 0.0196. The van der Waals surface area contributed by atoms with E-state index < -0.39 is 6.29 Å². The van der Waals surface area contributed by atoms with Gasteiger partial charge in [-0.1, -0.05) is 152 Å². The minimum absolute atomic E-state index is 0.425. The van der Waals surface area contributed by atoms with E-state index in [1.165, 1.54) is 49.3 Å². The lowest BCUT2D eigenvalue weighted by molar-refractivity contribution is 0.516. The van der Waals surface area contributed by atoms with Crippen molar-refractivity contribution >= 4 is 55.3 Å². The second-order valence-corrected chi connectivity index (χ2v) is 14.3. The third-order valence-electron chi connectivity index (χ3n) is 11.0. The highest BCUT2D eigenvalue weighted by Gasteiger charge is 2.25. The van der Waals surface area contributed by atoms with Crippen LogP contribution in [0.5, 0.6) is 0 Å². The molecule has 8 aromatic carbocycles. The Morgan fingerprint density at radius 3 is 1.64 bits per heavy atom. The normalized spacial score (nSPS) is 14.2. The largest absolute Gasteiger partial charge is 0.331 e. The highest BCUT2D eigenvalue weighted by Crippen LogP contribution is 2.43. The number of para-hydroxylation sites is 3. The van der Waals surface area contributed by atoms with Crippen molar-refractivity contribution < 1.29 is 0 Å². The van der Waals surface area contributed by atoms with Gasteiger partial charge in [-0.15, -0.1) is 0 Å². The van der Waals surface area contributed by atoms with Gasteiger partial charge in [-0.2, -0.15) is 0 Å². The van der Waals surface area contributed by atoms with Gasteiger partial charge in [0.25, 0.3) is 0 Å². The second kappa shape index (κ2) is 13.1. The molecular formula is C51H35N5. The van der Waals surface area contributed by atoms with Gasteiger partial charge in [-0.05, 0) is 70.8 Å². The van der Waals surface area contributed by atoms with E-state index in [2.05, 4.69) is 178 Å². The van der Waals surface area contributed by atoms with E-state index in [0.717, 1.165) is 39.2 Å². The zero-order valence-corrected chi connectivity index (χ0v) is 30.4. The number of rotatable bonds is 6. The Hall–Kier alpha value is -7.50. The Morgan fingerprint density at radius 2 is 0.929 bits per heavy atom. The van der Waals surface area contributed by atoms with Gasteiger partial charge < -0.3 is 14.5 Å². The van der Waals surface area contributed by atoms with Crippen LogP contribution in [-0.4, -0.2) is 20.8 Å². The number of nitrogens with zero attached hydrogens (tertiary/aromatic N) is 4. The summed E-state index contributed by atoms with van der Waals surface area (Å²) < 4.78 is 4.72. The van der Waals surface area contributed by atoms with E-state index in [0.29, 0.717) is 5.84 Å². The average Bonchev–Trinajstić information content (AvgIpc) is 3.79. The molecule has 0 spiro atoms. The molecule has 10 aromatic rings. The van der Waals surface area contributed by atoms with Crippen molar-refractivity contribution in [1.29, 1.82) is 0 Å². The summed E-state index contributed by atoms with van der Waals surface area (Å²) in [6.45, 7) is 0. The lowest BCUT2D eigenvalue weighted by atomic mass is 9.92. The highest BCUT2D eigenvalue weighted by molar-refractivity contribution is 6.15. The zero-order valence-electron chi connectivity index (χ0n) is 30.4. The van der Waals surface area contributed by atoms with Crippen molar-refractivity contribution in [2.24, 2.45) is 9.98 Å². The maximum Gasteiger partial charge on any atom is 0.204 e. The first-order chi connectivity index (χ1) is 27.8. The molecule has 5 heteroatoms. The van der Waals surface area contributed by atoms with Gasteiger partial charge in [-0.25, -0.2) is 9.98 Å². The third-order valence-corrected chi connectivity index (χ3v) is 11.0. The van der Waals surface area contributed by atoms with E-state index in [1.54, 1.807) is 0 Å². The molecule has 11 rings (SSSR count). The Labute approximate surface area is 324 Å². The lowest BCUT2D eigenvalue weighted by Crippen LogP contribution is -2.36. The summed E-state index contributed by atoms with van der Waals surface area (Å²) >= 11 is 0. The predicted molar refractivity (Wildman–Crippen MR) is 233 cm³/mol. The fourth-order valence-corrected chi connectivity index (χ4v) is 8.43. The molecule has 56 heavy (non-hydrogen) atoms. The molecule has 1 aliphatic rings. The summed E-state index contributed by atoms with van der Waals surface area (Å²) in [6.07, 6.45) is -0.425. The number of aromatic nitrogens is 2. The number of benzene rings is 8. The van der Waals surface area contributed by atoms with Crippen molar-refractivity contribution in [2.75, 3.05) is 0 Å². The van der Waals surface area contributed by atoms with Gasteiger partial charge in [0.15, 0.2) is 5.84 Å². The Kier molecular flexibility index (Phi) is 7.49. The van der Waals surface area contributed by atoms with Crippen LogP contribution in [0.1, 0.15) is 17.4 Å². The number of fused-ring (bicyclic) bond motifs is 6. The van der Waals surface area contributed by atoms with Crippen molar-refractivity contribution in [3.63, 3.8) is 0 Å². The molecule has 0 aliphatic carbocycles. The summed E-state index contributed by atoms with van der Waals surface area (Å²) in [5.74, 6) is 1.49. The Balaban J connectivity index is 1.13. The average molecular weight is 718 g/mol. The molecule has 0 radical (unpaired) electrons. The first-order valence-electron chi connectivity index (χ1n) is 19.0. The van der Waals surface area contributed by atoms with Gasteiger partial charge in [-0.3, -0.25) is 0 Å². The van der Waals surface area contributed by atoms with E-state index in [9.17, 15) is 0 Å². The monoisotopic (exact) mass is 717 g/mol. The zero-order chi connectivity index (χ0) is 37.0. The van der Waals surface area contributed by atoms with Crippen LogP contribution in [0.4, 0.5) is 0 Å². The van der Waals surface area contributed by atoms with Crippen LogP contribution in [-0.2, 0) is 0 Å². The van der Waals surface area contributed by atoms with Gasteiger partial charge in [0.1, 0.15) is 5.84 Å². The van der Waals surface area contributed by atoms with Crippen LogP contribution in [0, 0.1) is 0 Å². The number of nitrogens with one attached hydrogen (secondary N) is 1. The minimum Gasteiger partial charge on any atom is -0.331 e. The van der Waals surface area contributed by atoms with E-state index in [1.807, 2.05) is 36.4 Å². The molecule has 264 valence electrons. The second-order valence-electron chi connectivity index (χ2n) is 14.3. The van der Waals surface area contributed by atoms with Crippen LogP contribution >= 0.6 is 0 Å². The number of amidine groups is 2. The fourth-order valence-electron chi connectivity index (χ4n) is 8.43. The molecule has 5 nitrogen and oxygen atoms in total. The molecule has 2 aromatic heterocycles. The topological polar surface area (TPSA) is 46.6 Å². The first kappa shape index (κ1) is 32.0. The van der Waals surface area contributed by atoms with Gasteiger partial charge in [0.05, 0.1) is 22.1 Å². The molecule has 0 saturated heterocycles. The molecule has 0 fully saturated rings. The van der Waals surface area contributed by atoms with E-state index >= 15 is 0 Å². The van der Waals surface area contributed by atoms with Gasteiger partial charge in [0, 0.05) is 38.4 Å². The first-order valence-corrected chi connectivity index (χ1v) is 19.0. The van der Waals surface area contributed by atoms with Gasteiger partial charge in [0.2, 0.25) is 6.29 Å². The number of hydrogen-bond donors (Lipinski definition) is 1. The Morgan fingerprint density at radius 1 is 0.393 bits per heavy atom. The summed E-state index contributed by atoms with van der Waals surface area (Å²) in [4.78, 5) is 10.3. The molecular weight excluding hydrogens is 683 g/mol. The smallest absolute Gasteiger partial charge is 0.204 e. The molecule has 0 amide bonds. The molecule has 0 saturated carbocycles. The molecule has 1 aliphatic heterocycles. The van der Waals surface area contributed by atoms with Crippen molar-refractivity contribution in [2.45, 2.75) is 6.29 Å². The van der Waals surface area contributed by atoms with E-state index in [-0.39, 0.29) is 0 Å². The highest BCUT2D eigenvalue weighted by atomic mass is 15.3. The molecule has 3 heterocycles. The van der Waals surface area contributed by atoms with Crippen LogP contribution < -0.4 is 5.32 Å². The maximum absolute atomic E-state index is 5.27. The maximum atomic E-state index is 5.27. The molecule has 1 N–H and O–H groups in total. The summed E-state index contributed by atoms with van der Waals surface area (Å²) in [5, 5.41) is 8.51. The third kappa shape index (κ3) is 5.24. The van der Waals surface area contributed by atoms with Crippen molar-refractivity contribution in [1.82, 2.24) is 14.5 Å². The number of hydrogen-bond acceptors (Lipinski definition) is 3. The lowest BCUT2D eigenvalue weighted by Gasteiger charge is -2.26. The molecule has 1 unspecified atom stereocenters. The Bertz CT molecular complexity index is 3140. The predicted octanol–water partition coefficient (Wildman–Crippen LogP) is 12.2. The summed E-state index contributed by atoms with van der Waals surface area (Å²) in [7, 11) is 0. The standard InChI is InChI=1S/C51H35N5/c1-5-17-34(18-6-1)42-33-48-44(40-26-13-15-27-45(40)55(48)38-23-11-4-12-24-38)32-41(42)37-29-30-47-43(31-37)39-25-14-16-28-46(39)56(47)51-53-49(35-19-7-2-8-20-35)52-50(54-51)36-21-9-3-10-22-36/h1-33,51H,(H,52,53,54). The molecule has 0 bridgehead atoms. The van der Waals surface area contributed by atoms with Crippen LogP contribution in [0.3, 0.4) is 0 Å². The SMILES string of the molecule is c1ccc(C2=NC(n3c4ccccc4c4cc(-c5cc6c7ccccc7n(-c7ccccc7)c6cc5-c5ccccc5)ccc43)NC(c3ccccc3)=N2)cc1. The summed E-state index contributed by atoms with van der Waals surface area (Å²) in [5.41, 5.74) is 12.4. The minimum atomic E-state index is -0.425. The van der Waals surface area contributed by atoms with Crippen molar-refractivity contribution in [3.8, 4) is 27.9 Å². The van der Waals surface area contributed by atoms with E-state index in [4.69, 9.17) is 9.98 Å². The van der Waals surface area contributed by atoms with Gasteiger partial charge >= 0.3 is 0 Å². The number of aliphatic imine (C=N–C) groups is 2. The van der Waals surface area contributed by atoms with Crippen molar-refractivity contribution in [3.05, 3.63) is 211 Å². The van der Waals surface area contributed by atoms with Crippen LogP contribution in [0.15, 0.2) is 210 Å². The van der Waals surface area contributed by atoms with Crippen LogP contribution in [0.25, 0.3) is 71.6 Å². The quantitative estimate of drug-likeness (QED) is 0.183. The summed E-state index contributed by atoms with van der Waals surface area (Å²) in [6, 6.07) is 71.1.